The second-order valence-corrected chi connectivity index (χ2v) is 33.3. The molecule has 18 aromatic carbocycles. The predicted molar refractivity (Wildman–Crippen MR) is 516 cm³/mol. The van der Waals surface area contributed by atoms with Crippen molar-refractivity contribution in [1.29, 1.82) is 0 Å². The predicted octanol–water partition coefficient (Wildman–Crippen LogP) is 30.7. The van der Waals surface area contributed by atoms with Gasteiger partial charge in [0.25, 0.3) is 0 Å². The van der Waals surface area contributed by atoms with Crippen LogP contribution in [0, 0.1) is 0 Å². The molecule has 126 heavy (non-hydrogen) atoms. The molecule has 0 bridgehead atoms. The minimum atomic E-state index is 0.522. The Bertz CT molecular complexity index is 8890. The first-order valence-corrected chi connectivity index (χ1v) is 43.1. The third kappa shape index (κ3) is 11.3. The Morgan fingerprint density at radius 3 is 1.14 bits per heavy atom. The van der Waals surface area contributed by atoms with Gasteiger partial charge in [-0.2, -0.15) is 0 Å². The maximum atomic E-state index is 7.43. The van der Waals surface area contributed by atoms with Crippen molar-refractivity contribution < 1.29 is 13.3 Å². The van der Waals surface area contributed by atoms with Crippen molar-refractivity contribution in [1.82, 2.24) is 39.0 Å². The van der Waals surface area contributed by atoms with Gasteiger partial charge in [0.1, 0.15) is 27.9 Å². The van der Waals surface area contributed by atoms with Gasteiger partial charge in [0.05, 0.1) is 26.8 Å². The zero-order valence-corrected chi connectivity index (χ0v) is 68.1. The maximum Gasteiger partial charge on any atom is 0.164 e. The second kappa shape index (κ2) is 28.4. The molecule has 0 atom stereocenters. The van der Waals surface area contributed by atoms with E-state index in [4.69, 9.17) is 43.2 Å². The number of benzene rings is 18. The average molecular weight is 1630 g/mol. The molecule has 0 fully saturated rings. The van der Waals surface area contributed by atoms with Crippen LogP contribution in [0.25, 0.3) is 265 Å². The summed E-state index contributed by atoms with van der Waals surface area (Å²) in [4.78, 5) is 31.8. The molecule has 0 saturated heterocycles. The topological polar surface area (TPSA) is 127 Å². The number of hydrogen-bond donors (Lipinski definition) is 0. The summed E-state index contributed by atoms with van der Waals surface area (Å²) >= 11 is 1.86. The highest BCUT2D eigenvalue weighted by atomic mass is 32.1. The SMILES string of the molecule is c1ccc(-c2nc(-c3ccccc3)nc(-c3ccc4c(oc5c(-c6ccc7oc8c(ccc9c%10cc(-c%11cccc(-c%12nc(-c%13ccccc%13)nc(-c%13ccc%14c(oc%15c(-c%16ccc%17sc%18c(ccc%19c%20ccccc%20n(-c%20ccccc%20)c%19%18)c%17c%16)cccc%15%14)c%13-c%13ccccc%13)n%12)c%11)ccc%10n(-c%10ccccc%10)c98)c7c6)cccc54)c3-c3ccccc3)n2)cc1. The molecule has 0 saturated carbocycles. The Morgan fingerprint density at radius 1 is 0.198 bits per heavy atom. The molecule has 0 spiro atoms. The Labute approximate surface area is 724 Å². The van der Waals surface area contributed by atoms with Crippen molar-refractivity contribution in [3.63, 3.8) is 0 Å². The summed E-state index contributed by atoms with van der Waals surface area (Å²) in [5.41, 5.74) is 26.2. The lowest BCUT2D eigenvalue weighted by Crippen LogP contribution is -2.01. The zero-order chi connectivity index (χ0) is 82.6. The molecule has 8 aromatic heterocycles. The summed E-state index contributed by atoms with van der Waals surface area (Å²) in [7, 11) is 0. The van der Waals surface area contributed by atoms with Crippen LogP contribution in [-0.2, 0) is 0 Å². The van der Waals surface area contributed by atoms with Crippen molar-refractivity contribution in [2.45, 2.75) is 0 Å². The first kappa shape index (κ1) is 71.0. The van der Waals surface area contributed by atoms with E-state index in [1.807, 2.05) is 96.3 Å². The molecule has 0 unspecified atom stereocenters. The molecule has 0 aliphatic heterocycles. The maximum absolute atomic E-state index is 7.43. The molecule has 0 amide bonds. The lowest BCUT2D eigenvalue weighted by Gasteiger charge is -2.13. The van der Waals surface area contributed by atoms with Crippen LogP contribution in [0.2, 0.25) is 0 Å². The van der Waals surface area contributed by atoms with Gasteiger partial charge in [-0.3, -0.25) is 0 Å². The number of furan rings is 3. The first-order chi connectivity index (χ1) is 62.5. The first-order valence-electron chi connectivity index (χ1n) is 42.3. The monoisotopic (exact) mass is 1630 g/mol. The third-order valence-electron chi connectivity index (χ3n) is 25.0. The van der Waals surface area contributed by atoms with Crippen LogP contribution in [0.5, 0.6) is 0 Å². The summed E-state index contributed by atoms with van der Waals surface area (Å²) in [5.74, 6) is 3.34. The van der Waals surface area contributed by atoms with Crippen LogP contribution < -0.4 is 0 Å². The summed E-state index contributed by atoms with van der Waals surface area (Å²) < 4.78 is 29.2. The standard InChI is InChI=1S/C114H66N8O3S/c1-8-27-67(28-9-1)99-90(113-117-109(69-31-12-3-13-32-69)115-110(118-113)70-33-14-4-15-34-70)58-55-86-84-46-25-44-79(103(84)124-105(86)99)74-50-61-97-93(65-74)88-54-52-83-92-64-73(49-60-96(92)121(101(83)107(88)123-97)77-39-18-6-19-40-77)72-37-24-38-76(63-72)112-116-111(71-35-16-5-17-36-71)119-114(120-112)91-59-56-87-85-47-26-45-80(104(85)125-106(87)100(91)68-29-10-2-11-30-68)75-51-62-98-94(66-75)89-57-53-82-81-43-22-23-48-95(81)122(102(82)108(89)126-98)78-41-20-7-21-42-78/h1-66H. The number of fused-ring (bicyclic) bond motifs is 20. The van der Waals surface area contributed by atoms with Gasteiger partial charge in [-0.25, -0.2) is 29.9 Å². The summed E-state index contributed by atoms with van der Waals surface area (Å²) in [6.45, 7) is 0. The van der Waals surface area contributed by atoms with E-state index in [1.165, 1.54) is 42.0 Å². The van der Waals surface area contributed by atoms with Gasteiger partial charge >= 0.3 is 0 Å². The molecule has 12 heteroatoms. The van der Waals surface area contributed by atoms with Crippen molar-refractivity contribution >= 4 is 141 Å². The van der Waals surface area contributed by atoms with Crippen molar-refractivity contribution in [2.75, 3.05) is 0 Å². The van der Waals surface area contributed by atoms with Crippen molar-refractivity contribution in [2.24, 2.45) is 0 Å². The Balaban J connectivity index is 0.580. The Morgan fingerprint density at radius 2 is 0.579 bits per heavy atom. The van der Waals surface area contributed by atoms with E-state index in [-0.39, 0.29) is 0 Å². The van der Waals surface area contributed by atoms with Gasteiger partial charge in [0.15, 0.2) is 40.5 Å². The largest absolute Gasteiger partial charge is 0.455 e. The third-order valence-corrected chi connectivity index (χ3v) is 26.2. The van der Waals surface area contributed by atoms with E-state index >= 15 is 0 Å². The van der Waals surface area contributed by atoms with Crippen LogP contribution >= 0.6 is 11.3 Å². The van der Waals surface area contributed by atoms with E-state index in [0.717, 1.165) is 188 Å². The molecule has 26 aromatic rings. The summed E-state index contributed by atoms with van der Waals surface area (Å²) in [5, 5.41) is 13.1. The quantitative estimate of drug-likeness (QED) is 0.111. The molecule has 0 aliphatic rings. The minimum Gasteiger partial charge on any atom is -0.455 e. The molecule has 8 heterocycles. The fourth-order valence-corrected chi connectivity index (χ4v) is 20.5. The molecule has 26 rings (SSSR count). The average Bonchev–Trinajstić information content (AvgIpc) is 1.56. The number of aromatic nitrogens is 8. The Hall–Kier alpha value is -16.8. The van der Waals surface area contributed by atoms with E-state index in [1.54, 1.807) is 0 Å². The fourth-order valence-electron chi connectivity index (χ4n) is 19.3. The number of thiophene rings is 1. The molecule has 11 nitrogen and oxygen atoms in total. The normalized spacial score (nSPS) is 12.0. The smallest absolute Gasteiger partial charge is 0.164 e. The molecule has 0 radical (unpaired) electrons. The lowest BCUT2D eigenvalue weighted by molar-refractivity contribution is 0.670. The number of rotatable bonds is 13. The van der Waals surface area contributed by atoms with Crippen LogP contribution in [-0.4, -0.2) is 39.0 Å². The van der Waals surface area contributed by atoms with Crippen molar-refractivity contribution in [3.8, 4) is 135 Å². The molecule has 0 aliphatic carbocycles. The van der Waals surface area contributed by atoms with E-state index in [9.17, 15) is 0 Å². The van der Waals surface area contributed by atoms with Gasteiger partial charge in [-0.15, -0.1) is 11.3 Å². The molecule has 586 valence electrons. The van der Waals surface area contributed by atoms with Crippen LogP contribution in [0.1, 0.15) is 0 Å². The van der Waals surface area contributed by atoms with Crippen LogP contribution in [0.15, 0.2) is 414 Å². The van der Waals surface area contributed by atoms with E-state index in [0.29, 0.717) is 34.9 Å². The van der Waals surface area contributed by atoms with Gasteiger partial charge in [-0.1, -0.05) is 297 Å². The van der Waals surface area contributed by atoms with Gasteiger partial charge in [0.2, 0.25) is 0 Å². The molecular formula is C114H66N8O3S. The highest BCUT2D eigenvalue weighted by Gasteiger charge is 2.29. The van der Waals surface area contributed by atoms with Gasteiger partial charge < -0.3 is 22.4 Å². The minimum absolute atomic E-state index is 0.522. The highest BCUT2D eigenvalue weighted by molar-refractivity contribution is 7.26. The van der Waals surface area contributed by atoms with Gasteiger partial charge in [-0.05, 0) is 137 Å². The summed E-state index contributed by atoms with van der Waals surface area (Å²) in [6.07, 6.45) is 0. The number of nitrogens with zero attached hydrogens (tertiary/aromatic N) is 8. The zero-order valence-electron chi connectivity index (χ0n) is 67.3. The van der Waals surface area contributed by atoms with E-state index in [2.05, 4.69) is 325 Å². The molecular weight excluding hydrogens is 1560 g/mol. The number of hydrogen-bond acceptors (Lipinski definition) is 10. The highest BCUT2D eigenvalue weighted by Crippen LogP contribution is 2.51. The lowest BCUT2D eigenvalue weighted by atomic mass is 9.95. The second-order valence-electron chi connectivity index (χ2n) is 32.2. The number of para-hydroxylation sites is 5. The van der Waals surface area contributed by atoms with Crippen molar-refractivity contribution in [3.05, 3.63) is 400 Å². The van der Waals surface area contributed by atoms with Crippen LogP contribution in [0.3, 0.4) is 0 Å². The Kier molecular flexibility index (Phi) is 16.0. The van der Waals surface area contributed by atoms with E-state index < -0.39 is 0 Å². The van der Waals surface area contributed by atoms with Crippen LogP contribution in [0.4, 0.5) is 0 Å². The fraction of sp³-hybridized carbons (Fsp3) is 0. The summed E-state index contributed by atoms with van der Waals surface area (Å²) in [6, 6.07) is 141. The van der Waals surface area contributed by atoms with Gasteiger partial charge in [0, 0.05) is 136 Å². The molecule has 0 N–H and O–H groups in total.